The van der Waals surface area contributed by atoms with Crippen LogP contribution < -0.4 is 4.74 Å². The molecule has 0 spiro atoms. The lowest BCUT2D eigenvalue weighted by Gasteiger charge is -2.40. The molecule has 2 aromatic heterocycles. The van der Waals surface area contributed by atoms with Gasteiger partial charge in [-0.15, -0.1) is 11.3 Å². The van der Waals surface area contributed by atoms with Crippen molar-refractivity contribution in [2.75, 3.05) is 32.8 Å². The maximum Gasteiger partial charge on any atom is 0.167 e. The lowest BCUT2D eigenvalue weighted by molar-refractivity contribution is 0.0250. The van der Waals surface area contributed by atoms with Gasteiger partial charge in [0.2, 0.25) is 0 Å². The molecule has 7 nitrogen and oxygen atoms in total. The molecule has 38 heavy (non-hydrogen) atoms. The molecule has 1 fully saturated rings. The fraction of sp³-hybridized carbons (Fsp3) is 0.333. The van der Waals surface area contributed by atoms with Gasteiger partial charge in [-0.2, -0.15) is 0 Å². The van der Waals surface area contributed by atoms with Crippen molar-refractivity contribution in [1.82, 2.24) is 19.9 Å². The highest BCUT2D eigenvalue weighted by atomic mass is 32.1. The Bertz CT molecular complexity index is 1540. The summed E-state index contributed by atoms with van der Waals surface area (Å²) >= 11 is 1.67. The molecule has 0 amide bonds. The normalized spacial score (nSPS) is 17.8. The largest absolute Gasteiger partial charge is 0.491 e. The summed E-state index contributed by atoms with van der Waals surface area (Å²) in [6.45, 7) is 8.51. The van der Waals surface area contributed by atoms with E-state index in [1.807, 2.05) is 25.1 Å². The Labute approximate surface area is 226 Å². The number of thiazole rings is 1. The number of hydrogen-bond acceptors (Lipinski definition) is 8. The number of benzene rings is 3. The van der Waals surface area contributed by atoms with Crippen molar-refractivity contribution >= 4 is 32.3 Å². The molecule has 6 rings (SSSR count). The third kappa shape index (κ3) is 5.44. The summed E-state index contributed by atoms with van der Waals surface area (Å²) in [5.41, 5.74) is 2.95. The number of aliphatic hydroxyl groups excluding tert-OH is 1. The standard InChI is InChI=1S/C30H32N4O3S/c1-20-16-33(18-24(35)19-36-25-10-11-30-28(15-25)31-21(2)38-30)12-13-34(20)17-23-14-29(37-32-23)27-9-5-7-22-6-3-4-8-26(22)27/h3-11,14-15,20,24,35H,12-13,16-19H2,1-2H3/t20-,24+/m0/s1. The molecule has 3 aromatic carbocycles. The number of fused-ring (bicyclic) bond motifs is 2. The van der Waals surface area contributed by atoms with Crippen LogP contribution in [0.2, 0.25) is 0 Å². The average Bonchev–Trinajstić information content (AvgIpc) is 3.54. The predicted octanol–water partition coefficient (Wildman–Crippen LogP) is 5.36. The molecule has 0 unspecified atom stereocenters. The van der Waals surface area contributed by atoms with E-state index in [1.165, 1.54) is 10.8 Å². The van der Waals surface area contributed by atoms with Crippen molar-refractivity contribution in [1.29, 1.82) is 0 Å². The van der Waals surface area contributed by atoms with Gasteiger partial charge in [0, 0.05) is 56.5 Å². The van der Waals surface area contributed by atoms with E-state index in [2.05, 4.69) is 75.4 Å². The molecule has 1 aliphatic heterocycles. The van der Waals surface area contributed by atoms with E-state index in [-0.39, 0.29) is 6.61 Å². The number of aromatic nitrogens is 2. The summed E-state index contributed by atoms with van der Waals surface area (Å²) in [7, 11) is 0. The molecule has 0 saturated carbocycles. The van der Waals surface area contributed by atoms with Crippen LogP contribution in [0, 0.1) is 6.92 Å². The first-order valence-electron chi connectivity index (χ1n) is 13.1. The van der Waals surface area contributed by atoms with E-state index < -0.39 is 6.10 Å². The van der Waals surface area contributed by atoms with Crippen LogP contribution in [0.1, 0.15) is 17.6 Å². The summed E-state index contributed by atoms with van der Waals surface area (Å²) < 4.78 is 12.8. The van der Waals surface area contributed by atoms with Crippen molar-refractivity contribution in [3.63, 3.8) is 0 Å². The van der Waals surface area contributed by atoms with Crippen molar-refractivity contribution in [2.24, 2.45) is 0 Å². The van der Waals surface area contributed by atoms with Crippen LogP contribution in [0.15, 0.2) is 71.3 Å². The summed E-state index contributed by atoms with van der Waals surface area (Å²) in [6.07, 6.45) is -0.555. The van der Waals surface area contributed by atoms with Crippen LogP contribution in [0.4, 0.5) is 0 Å². The van der Waals surface area contributed by atoms with Crippen molar-refractivity contribution in [2.45, 2.75) is 32.5 Å². The van der Waals surface area contributed by atoms with Gasteiger partial charge in [-0.1, -0.05) is 47.6 Å². The van der Waals surface area contributed by atoms with E-state index in [4.69, 9.17) is 9.26 Å². The Morgan fingerprint density at radius 1 is 1.11 bits per heavy atom. The average molecular weight is 529 g/mol. The van der Waals surface area contributed by atoms with Gasteiger partial charge < -0.3 is 14.4 Å². The van der Waals surface area contributed by atoms with Gasteiger partial charge in [-0.25, -0.2) is 4.98 Å². The van der Waals surface area contributed by atoms with Gasteiger partial charge in [-0.05, 0) is 36.8 Å². The SMILES string of the molecule is Cc1nc2cc(OC[C@H](O)CN3CCN(Cc4cc(-c5cccc6ccccc56)on4)[C@@H](C)C3)ccc2s1. The summed E-state index contributed by atoms with van der Waals surface area (Å²) in [6, 6.07) is 22.9. The Balaban J connectivity index is 1.01. The van der Waals surface area contributed by atoms with E-state index >= 15 is 0 Å². The molecule has 0 bridgehead atoms. The highest BCUT2D eigenvalue weighted by Gasteiger charge is 2.26. The van der Waals surface area contributed by atoms with Crippen LogP contribution in [0.3, 0.4) is 0 Å². The topological polar surface area (TPSA) is 74.9 Å². The lowest BCUT2D eigenvalue weighted by atomic mass is 10.0. The fourth-order valence-corrected chi connectivity index (χ4v) is 6.10. The van der Waals surface area contributed by atoms with Crippen LogP contribution >= 0.6 is 11.3 Å². The second-order valence-electron chi connectivity index (χ2n) is 10.1. The first kappa shape index (κ1) is 25.0. The minimum atomic E-state index is -0.555. The van der Waals surface area contributed by atoms with Crippen LogP contribution in [-0.4, -0.2) is 70.0 Å². The smallest absolute Gasteiger partial charge is 0.167 e. The summed E-state index contributed by atoms with van der Waals surface area (Å²) in [5, 5.41) is 18.4. The van der Waals surface area contributed by atoms with Crippen LogP contribution in [-0.2, 0) is 6.54 Å². The zero-order chi connectivity index (χ0) is 26.1. The Morgan fingerprint density at radius 3 is 2.87 bits per heavy atom. The van der Waals surface area contributed by atoms with Gasteiger partial charge in [0.05, 0.1) is 20.9 Å². The van der Waals surface area contributed by atoms with E-state index in [0.29, 0.717) is 12.6 Å². The zero-order valence-electron chi connectivity index (χ0n) is 21.7. The molecule has 5 aromatic rings. The first-order chi connectivity index (χ1) is 18.5. The molecule has 8 heteroatoms. The van der Waals surface area contributed by atoms with Crippen LogP contribution in [0.25, 0.3) is 32.3 Å². The zero-order valence-corrected chi connectivity index (χ0v) is 22.5. The van der Waals surface area contributed by atoms with Gasteiger partial charge in [0.15, 0.2) is 5.76 Å². The highest BCUT2D eigenvalue weighted by molar-refractivity contribution is 7.18. The first-order valence-corrected chi connectivity index (χ1v) is 13.9. The monoisotopic (exact) mass is 528 g/mol. The molecule has 1 N–H and O–H groups in total. The number of rotatable bonds is 8. The number of aryl methyl sites for hydroxylation is 1. The Kier molecular flexibility index (Phi) is 7.12. The van der Waals surface area contributed by atoms with E-state index in [9.17, 15) is 5.11 Å². The molecular weight excluding hydrogens is 496 g/mol. The highest BCUT2D eigenvalue weighted by Crippen LogP contribution is 2.30. The van der Waals surface area contributed by atoms with Crippen LogP contribution in [0.5, 0.6) is 5.75 Å². The van der Waals surface area contributed by atoms with Gasteiger partial charge >= 0.3 is 0 Å². The number of nitrogens with zero attached hydrogens (tertiary/aromatic N) is 4. The molecule has 0 radical (unpaired) electrons. The molecular formula is C30H32N4O3S. The number of piperazine rings is 1. The molecule has 1 aliphatic rings. The number of β-amino-alcohol motifs (C(OH)–C–C–N with tert-alkyl or cyclic N) is 1. The van der Waals surface area contributed by atoms with Crippen molar-refractivity contribution in [3.05, 3.63) is 77.4 Å². The van der Waals surface area contributed by atoms with Gasteiger partial charge in [-0.3, -0.25) is 9.80 Å². The molecule has 196 valence electrons. The van der Waals surface area contributed by atoms with E-state index in [0.717, 1.165) is 64.2 Å². The molecule has 2 atom stereocenters. The number of hydrogen-bond donors (Lipinski definition) is 1. The lowest BCUT2D eigenvalue weighted by Crippen LogP contribution is -2.53. The molecule has 3 heterocycles. The second-order valence-corrected chi connectivity index (χ2v) is 11.4. The minimum absolute atomic E-state index is 0.263. The Hall–Kier alpha value is -3.30. The van der Waals surface area contributed by atoms with E-state index in [1.54, 1.807) is 11.3 Å². The predicted molar refractivity (Wildman–Crippen MR) is 152 cm³/mol. The summed E-state index contributed by atoms with van der Waals surface area (Å²) in [4.78, 5) is 9.26. The second kappa shape index (κ2) is 10.8. The fourth-order valence-electron chi connectivity index (χ4n) is 5.29. The minimum Gasteiger partial charge on any atom is -0.491 e. The molecule has 0 aliphatic carbocycles. The maximum absolute atomic E-state index is 10.6. The maximum atomic E-state index is 10.6. The van der Waals surface area contributed by atoms with Gasteiger partial charge in [0.1, 0.15) is 18.5 Å². The molecule has 1 saturated heterocycles. The number of aliphatic hydroxyl groups is 1. The van der Waals surface area contributed by atoms with Crippen molar-refractivity contribution in [3.8, 4) is 17.1 Å². The number of ether oxygens (including phenoxy) is 1. The quantitative estimate of drug-likeness (QED) is 0.291. The summed E-state index contributed by atoms with van der Waals surface area (Å²) in [5.74, 6) is 1.55. The Morgan fingerprint density at radius 2 is 1.97 bits per heavy atom. The third-order valence-corrected chi connectivity index (χ3v) is 8.16. The van der Waals surface area contributed by atoms with Gasteiger partial charge in [0.25, 0.3) is 0 Å². The van der Waals surface area contributed by atoms with Crippen molar-refractivity contribution < 1.29 is 14.4 Å². The third-order valence-electron chi connectivity index (χ3n) is 7.21.